The molecule has 0 aromatic heterocycles. The lowest BCUT2D eigenvalue weighted by molar-refractivity contribution is 0.0497. The summed E-state index contributed by atoms with van der Waals surface area (Å²) in [5.74, 6) is -0.180. The van der Waals surface area contributed by atoms with Crippen molar-refractivity contribution in [2.24, 2.45) is 0 Å². The highest BCUT2D eigenvalue weighted by molar-refractivity contribution is 5.90. The van der Waals surface area contributed by atoms with E-state index in [1.54, 1.807) is 0 Å². The number of carbonyl (C=O) groups excluding carboxylic acids is 1. The molecule has 0 bridgehead atoms. The van der Waals surface area contributed by atoms with Crippen LogP contribution in [0.3, 0.4) is 0 Å². The Morgan fingerprint density at radius 2 is 1.03 bits per heavy atom. The average Bonchev–Trinajstić information content (AvgIpc) is 2.75. The van der Waals surface area contributed by atoms with Crippen LogP contribution in [0.1, 0.15) is 138 Å². The lowest BCUT2D eigenvalue weighted by atomic mass is 10.0. The molecule has 0 saturated heterocycles. The molecule has 0 fully saturated rings. The van der Waals surface area contributed by atoms with Crippen LogP contribution < -0.4 is 0 Å². The fourth-order valence-electron chi connectivity index (χ4n) is 4.05. The van der Waals surface area contributed by atoms with Crippen molar-refractivity contribution in [2.45, 2.75) is 129 Å². The molecule has 0 heterocycles. The number of hydrogen-bond acceptors (Lipinski definition) is 2. The molecule has 0 aliphatic rings. The summed E-state index contributed by atoms with van der Waals surface area (Å²) in [5.41, 5.74) is 1.68. The van der Waals surface area contributed by atoms with Gasteiger partial charge in [0.2, 0.25) is 0 Å². The van der Waals surface area contributed by atoms with Gasteiger partial charge in [0.25, 0.3) is 0 Å². The summed E-state index contributed by atoms with van der Waals surface area (Å²) < 4.78 is 5.40. The van der Waals surface area contributed by atoms with Crippen molar-refractivity contribution in [3.05, 3.63) is 35.4 Å². The van der Waals surface area contributed by atoms with E-state index < -0.39 is 0 Å². The van der Waals surface area contributed by atoms with Crippen LogP contribution in [-0.2, 0) is 4.74 Å². The number of aryl methyl sites for hydroxylation is 1. The van der Waals surface area contributed by atoms with Gasteiger partial charge in [0.05, 0.1) is 12.2 Å². The molecule has 2 nitrogen and oxygen atoms in total. The molecular formula is C28H48O2. The zero-order chi connectivity index (χ0) is 21.7. The Labute approximate surface area is 187 Å². The molecule has 0 radical (unpaired) electrons. The lowest BCUT2D eigenvalue weighted by Crippen LogP contribution is -2.08. The fraction of sp³-hybridized carbons (Fsp3) is 0.750. The third-order valence-corrected chi connectivity index (χ3v) is 6.10. The molecule has 0 atom stereocenters. The highest BCUT2D eigenvalue weighted by atomic mass is 16.5. The monoisotopic (exact) mass is 416 g/mol. The van der Waals surface area contributed by atoms with Crippen molar-refractivity contribution in [2.75, 3.05) is 6.61 Å². The molecule has 172 valence electrons. The minimum Gasteiger partial charge on any atom is -0.462 e. The third-order valence-electron chi connectivity index (χ3n) is 6.10. The molecule has 0 N–H and O–H groups in total. The summed E-state index contributed by atoms with van der Waals surface area (Å²) in [4.78, 5) is 12.0. The zero-order valence-corrected chi connectivity index (χ0v) is 20.1. The molecule has 1 rings (SSSR count). The largest absolute Gasteiger partial charge is 0.462 e. The van der Waals surface area contributed by atoms with E-state index >= 15 is 0 Å². The van der Waals surface area contributed by atoms with E-state index in [2.05, 4.69) is 6.92 Å². The van der Waals surface area contributed by atoms with Crippen LogP contribution >= 0.6 is 0 Å². The van der Waals surface area contributed by atoms with Crippen molar-refractivity contribution in [1.82, 2.24) is 0 Å². The minimum absolute atomic E-state index is 0.180. The molecule has 0 spiro atoms. The van der Waals surface area contributed by atoms with Crippen LogP contribution in [-0.4, -0.2) is 12.6 Å². The first-order valence-electron chi connectivity index (χ1n) is 13.0. The van der Waals surface area contributed by atoms with Gasteiger partial charge in [-0.05, 0) is 25.0 Å². The first kappa shape index (κ1) is 26.7. The van der Waals surface area contributed by atoms with Crippen molar-refractivity contribution in [3.63, 3.8) is 0 Å². The second-order valence-corrected chi connectivity index (χ2v) is 8.96. The highest BCUT2D eigenvalue weighted by Crippen LogP contribution is 2.14. The summed E-state index contributed by atoms with van der Waals surface area (Å²) in [6, 6.07) is 7.63. The maximum atomic E-state index is 12.0. The average molecular weight is 417 g/mol. The van der Waals surface area contributed by atoms with Crippen LogP contribution in [0.15, 0.2) is 24.3 Å². The van der Waals surface area contributed by atoms with Crippen LogP contribution in [0.2, 0.25) is 0 Å². The molecule has 0 amide bonds. The van der Waals surface area contributed by atoms with E-state index in [0.29, 0.717) is 12.2 Å². The van der Waals surface area contributed by atoms with E-state index in [9.17, 15) is 4.79 Å². The smallest absolute Gasteiger partial charge is 0.338 e. The number of benzene rings is 1. The first-order valence-corrected chi connectivity index (χ1v) is 13.0. The Morgan fingerprint density at radius 3 is 1.47 bits per heavy atom. The maximum absolute atomic E-state index is 12.0. The predicted octanol–water partition coefficient (Wildman–Crippen LogP) is 9.19. The second kappa shape index (κ2) is 19.6. The number of unbranched alkanes of at least 4 members (excludes halogenated alkanes) is 17. The molecule has 0 aliphatic carbocycles. The fourth-order valence-corrected chi connectivity index (χ4v) is 4.05. The van der Waals surface area contributed by atoms with Crippen LogP contribution in [0.25, 0.3) is 0 Å². The molecule has 0 aliphatic heterocycles. The van der Waals surface area contributed by atoms with Gasteiger partial charge in [0.1, 0.15) is 0 Å². The van der Waals surface area contributed by atoms with Crippen LogP contribution in [0.5, 0.6) is 0 Å². The van der Waals surface area contributed by atoms with Crippen molar-refractivity contribution < 1.29 is 9.53 Å². The highest BCUT2D eigenvalue weighted by Gasteiger charge is 2.08. The summed E-state index contributed by atoms with van der Waals surface area (Å²) in [7, 11) is 0. The van der Waals surface area contributed by atoms with E-state index in [-0.39, 0.29) is 5.97 Å². The van der Waals surface area contributed by atoms with E-state index in [4.69, 9.17) is 4.74 Å². The number of ether oxygens (including phenoxy) is 1. The molecule has 1 aromatic rings. The molecular weight excluding hydrogens is 368 g/mol. The summed E-state index contributed by atoms with van der Waals surface area (Å²) in [6.07, 6.45) is 24.7. The van der Waals surface area contributed by atoms with Crippen molar-refractivity contribution in [1.29, 1.82) is 0 Å². The maximum Gasteiger partial charge on any atom is 0.338 e. The number of hydrogen-bond donors (Lipinski definition) is 0. The Balaban J connectivity index is 1.77. The Kier molecular flexibility index (Phi) is 17.5. The Bertz CT molecular complexity index is 523. The first-order chi connectivity index (χ1) is 14.8. The Morgan fingerprint density at radius 1 is 0.633 bits per heavy atom. The van der Waals surface area contributed by atoms with Crippen LogP contribution in [0.4, 0.5) is 0 Å². The van der Waals surface area contributed by atoms with Gasteiger partial charge in [0, 0.05) is 0 Å². The van der Waals surface area contributed by atoms with Crippen molar-refractivity contribution in [3.8, 4) is 0 Å². The van der Waals surface area contributed by atoms with E-state index in [1.165, 1.54) is 109 Å². The van der Waals surface area contributed by atoms with Gasteiger partial charge in [-0.3, -0.25) is 0 Å². The van der Waals surface area contributed by atoms with Gasteiger partial charge in [0.15, 0.2) is 0 Å². The number of rotatable bonds is 20. The number of esters is 1. The molecule has 1 aromatic carbocycles. The van der Waals surface area contributed by atoms with Gasteiger partial charge in [-0.2, -0.15) is 0 Å². The topological polar surface area (TPSA) is 26.3 Å². The summed E-state index contributed by atoms with van der Waals surface area (Å²) in [6.45, 7) is 4.79. The van der Waals surface area contributed by atoms with E-state index in [0.717, 1.165) is 12.0 Å². The molecule has 30 heavy (non-hydrogen) atoms. The lowest BCUT2D eigenvalue weighted by Gasteiger charge is -2.07. The summed E-state index contributed by atoms with van der Waals surface area (Å²) in [5, 5.41) is 0. The van der Waals surface area contributed by atoms with Crippen LogP contribution in [0, 0.1) is 6.92 Å². The minimum atomic E-state index is -0.180. The van der Waals surface area contributed by atoms with Gasteiger partial charge in [-0.1, -0.05) is 134 Å². The predicted molar refractivity (Wildman–Crippen MR) is 130 cm³/mol. The second-order valence-electron chi connectivity index (χ2n) is 8.96. The van der Waals surface area contributed by atoms with Gasteiger partial charge < -0.3 is 4.74 Å². The standard InChI is InChI=1S/C28H48O2/c1-3-4-5-6-7-8-9-10-11-12-13-14-15-16-17-18-19-22-25-30-28(29)27-24-21-20-23-26(27)2/h20-21,23-24H,3-19,22,25H2,1-2H3. The zero-order valence-electron chi connectivity index (χ0n) is 20.1. The third kappa shape index (κ3) is 14.6. The van der Waals surface area contributed by atoms with Gasteiger partial charge in [-0.15, -0.1) is 0 Å². The Hall–Kier alpha value is -1.31. The van der Waals surface area contributed by atoms with Gasteiger partial charge >= 0.3 is 5.97 Å². The summed E-state index contributed by atoms with van der Waals surface area (Å²) >= 11 is 0. The van der Waals surface area contributed by atoms with Crippen molar-refractivity contribution >= 4 is 5.97 Å². The quantitative estimate of drug-likeness (QED) is 0.156. The molecule has 0 saturated carbocycles. The normalized spacial score (nSPS) is 11.0. The van der Waals surface area contributed by atoms with E-state index in [1.807, 2.05) is 31.2 Å². The molecule has 0 unspecified atom stereocenters. The molecule has 2 heteroatoms. The number of carbonyl (C=O) groups is 1. The van der Waals surface area contributed by atoms with Gasteiger partial charge in [-0.25, -0.2) is 4.79 Å². The SMILES string of the molecule is CCCCCCCCCCCCCCCCCCCCOC(=O)c1ccccc1C.